The Hall–Kier alpha value is -2.01. The number of hydrogen-bond acceptors (Lipinski definition) is 5. The average molecular weight is 367 g/mol. The van der Waals surface area contributed by atoms with Crippen LogP contribution in [0.1, 0.15) is 48.5 Å². The number of aromatic hydroxyl groups is 2. The second-order valence-electron chi connectivity index (χ2n) is 6.43. The zero-order valence-electron chi connectivity index (χ0n) is 14.2. The van der Waals surface area contributed by atoms with Crippen LogP contribution < -0.4 is 0 Å². The number of carbonyl (C=O) groups excluding carboxylic acids is 2. The SMILES string of the molecule is C[C@@H]1C/C=C/CCC(Cl)CC(C=O)Cc2cc(O)cc(O)c2C(=O)O1. The van der Waals surface area contributed by atoms with Crippen molar-refractivity contribution in [2.75, 3.05) is 0 Å². The highest BCUT2D eigenvalue weighted by atomic mass is 35.5. The number of benzene rings is 1. The van der Waals surface area contributed by atoms with Crippen LogP contribution >= 0.6 is 11.6 Å². The summed E-state index contributed by atoms with van der Waals surface area (Å²) in [4.78, 5) is 23.9. The number of esters is 1. The molecule has 1 aromatic rings. The number of fused-ring (bicyclic) bond motifs is 1. The first kappa shape index (κ1) is 19.3. The van der Waals surface area contributed by atoms with Crippen LogP contribution in [-0.2, 0) is 16.0 Å². The Kier molecular flexibility index (Phi) is 6.88. The highest BCUT2D eigenvalue weighted by molar-refractivity contribution is 6.20. The van der Waals surface area contributed by atoms with Gasteiger partial charge in [-0.05, 0) is 44.2 Å². The maximum atomic E-state index is 12.5. The number of aldehydes is 1. The second-order valence-corrected chi connectivity index (χ2v) is 7.05. The van der Waals surface area contributed by atoms with Gasteiger partial charge >= 0.3 is 5.97 Å². The lowest BCUT2D eigenvalue weighted by atomic mass is 9.91. The number of cyclic esters (lactones) is 1. The van der Waals surface area contributed by atoms with E-state index in [9.17, 15) is 19.8 Å². The van der Waals surface area contributed by atoms with Crippen molar-refractivity contribution in [3.63, 3.8) is 0 Å². The van der Waals surface area contributed by atoms with E-state index in [0.29, 0.717) is 18.4 Å². The molecule has 1 heterocycles. The van der Waals surface area contributed by atoms with Crippen molar-refractivity contribution in [3.8, 4) is 11.5 Å². The van der Waals surface area contributed by atoms with Crippen molar-refractivity contribution in [3.05, 3.63) is 35.4 Å². The van der Waals surface area contributed by atoms with Crippen LogP contribution in [0.3, 0.4) is 0 Å². The van der Waals surface area contributed by atoms with Gasteiger partial charge in [-0.25, -0.2) is 4.79 Å². The van der Waals surface area contributed by atoms with Crippen molar-refractivity contribution < 1.29 is 24.5 Å². The first-order valence-corrected chi connectivity index (χ1v) is 8.84. The molecule has 6 heteroatoms. The largest absolute Gasteiger partial charge is 0.508 e. The summed E-state index contributed by atoms with van der Waals surface area (Å²) < 4.78 is 5.39. The van der Waals surface area contributed by atoms with Gasteiger partial charge in [0.05, 0.1) is 0 Å². The van der Waals surface area contributed by atoms with Crippen molar-refractivity contribution in [2.45, 2.75) is 50.5 Å². The van der Waals surface area contributed by atoms with Crippen LogP contribution in [0.15, 0.2) is 24.3 Å². The van der Waals surface area contributed by atoms with Gasteiger partial charge in [0.1, 0.15) is 29.5 Å². The van der Waals surface area contributed by atoms with E-state index in [1.807, 2.05) is 12.2 Å². The minimum atomic E-state index is -0.669. The smallest absolute Gasteiger partial charge is 0.342 e. The number of halogens is 1. The Bertz CT molecular complexity index is 655. The molecule has 136 valence electrons. The molecule has 1 aliphatic heterocycles. The highest BCUT2D eigenvalue weighted by Gasteiger charge is 2.24. The van der Waals surface area contributed by atoms with Crippen molar-refractivity contribution >= 4 is 23.9 Å². The quantitative estimate of drug-likeness (QED) is 0.342. The third-order valence-corrected chi connectivity index (χ3v) is 4.61. The fourth-order valence-corrected chi connectivity index (χ4v) is 3.31. The van der Waals surface area contributed by atoms with Crippen LogP contribution in [0.25, 0.3) is 0 Å². The maximum absolute atomic E-state index is 12.5. The predicted octanol–water partition coefficient (Wildman–Crippen LogP) is 3.74. The van der Waals surface area contributed by atoms with E-state index in [4.69, 9.17) is 16.3 Å². The standard InChI is InChI=1S/C19H23ClO5/c1-12-5-3-2-4-6-15(20)8-13(11-21)7-14-9-16(22)10-17(23)18(14)19(24)25-12/h2-3,9-13,15,22-23H,4-8H2,1H3/b3-2+/t12-,13?,15?/m1/s1. The summed E-state index contributed by atoms with van der Waals surface area (Å²) >= 11 is 6.32. The number of hydrogen-bond donors (Lipinski definition) is 2. The Morgan fingerprint density at radius 1 is 1.28 bits per heavy atom. The summed E-state index contributed by atoms with van der Waals surface area (Å²) in [7, 11) is 0. The second kappa shape index (κ2) is 8.90. The zero-order chi connectivity index (χ0) is 18.4. The van der Waals surface area contributed by atoms with E-state index in [1.54, 1.807) is 6.92 Å². The van der Waals surface area contributed by atoms with Gasteiger partial charge in [0.2, 0.25) is 0 Å². The van der Waals surface area contributed by atoms with Crippen LogP contribution in [0.2, 0.25) is 0 Å². The van der Waals surface area contributed by atoms with Crippen molar-refractivity contribution in [1.29, 1.82) is 0 Å². The van der Waals surface area contributed by atoms with E-state index in [-0.39, 0.29) is 35.0 Å². The lowest BCUT2D eigenvalue weighted by Gasteiger charge is -2.19. The molecular formula is C19H23ClO5. The van der Waals surface area contributed by atoms with Gasteiger partial charge in [-0.1, -0.05) is 12.2 Å². The molecule has 3 atom stereocenters. The molecule has 0 spiro atoms. The Labute approximate surface area is 152 Å². The molecular weight excluding hydrogens is 344 g/mol. The van der Waals surface area contributed by atoms with Gasteiger partial charge in [-0.15, -0.1) is 11.6 Å². The Morgan fingerprint density at radius 2 is 2.04 bits per heavy atom. The molecule has 0 bridgehead atoms. The van der Waals surface area contributed by atoms with E-state index in [1.165, 1.54) is 6.07 Å². The van der Waals surface area contributed by atoms with Crippen LogP contribution in [0.5, 0.6) is 11.5 Å². The van der Waals surface area contributed by atoms with Gasteiger partial charge in [-0.2, -0.15) is 0 Å². The third kappa shape index (κ3) is 5.49. The lowest BCUT2D eigenvalue weighted by Crippen LogP contribution is -2.19. The van der Waals surface area contributed by atoms with E-state index >= 15 is 0 Å². The van der Waals surface area contributed by atoms with E-state index in [0.717, 1.165) is 25.2 Å². The monoisotopic (exact) mass is 366 g/mol. The van der Waals surface area contributed by atoms with Gasteiger partial charge in [0, 0.05) is 23.8 Å². The normalized spacial score (nSPS) is 26.8. The fourth-order valence-electron chi connectivity index (χ4n) is 2.95. The molecule has 5 nitrogen and oxygen atoms in total. The molecule has 0 amide bonds. The van der Waals surface area contributed by atoms with Gasteiger partial charge in [0.25, 0.3) is 0 Å². The summed E-state index contributed by atoms with van der Waals surface area (Å²) in [5, 5.41) is 19.7. The summed E-state index contributed by atoms with van der Waals surface area (Å²) in [6, 6.07) is 2.47. The molecule has 25 heavy (non-hydrogen) atoms. The number of rotatable bonds is 1. The summed E-state index contributed by atoms with van der Waals surface area (Å²) in [6.45, 7) is 1.77. The molecule has 1 aliphatic rings. The number of phenolic OH excluding ortho intramolecular Hbond substituents is 2. The third-order valence-electron chi connectivity index (χ3n) is 4.21. The van der Waals surface area contributed by atoms with E-state index in [2.05, 4.69) is 0 Å². The number of allylic oxidation sites excluding steroid dienone is 1. The van der Waals surface area contributed by atoms with Gasteiger partial charge in [-0.3, -0.25) is 0 Å². The van der Waals surface area contributed by atoms with Crippen LogP contribution in [-0.4, -0.2) is 33.9 Å². The molecule has 0 radical (unpaired) electrons. The summed E-state index contributed by atoms with van der Waals surface area (Å²) in [6.07, 6.45) is 7.12. The summed E-state index contributed by atoms with van der Waals surface area (Å²) in [5.41, 5.74) is 0.368. The van der Waals surface area contributed by atoms with Crippen molar-refractivity contribution in [1.82, 2.24) is 0 Å². The topological polar surface area (TPSA) is 83.8 Å². The number of alkyl halides is 1. The first-order chi connectivity index (χ1) is 11.9. The summed E-state index contributed by atoms with van der Waals surface area (Å²) in [5.74, 6) is -1.62. The molecule has 0 fully saturated rings. The zero-order valence-corrected chi connectivity index (χ0v) is 14.9. The lowest BCUT2D eigenvalue weighted by molar-refractivity contribution is -0.111. The molecule has 0 aromatic heterocycles. The highest BCUT2D eigenvalue weighted by Crippen LogP contribution is 2.31. The average Bonchev–Trinajstić information content (AvgIpc) is 2.52. The Balaban J connectivity index is 2.40. The molecule has 0 saturated heterocycles. The minimum Gasteiger partial charge on any atom is -0.508 e. The number of phenols is 2. The minimum absolute atomic E-state index is 0.0105. The number of ether oxygens (including phenoxy) is 1. The molecule has 0 aliphatic carbocycles. The maximum Gasteiger partial charge on any atom is 0.342 e. The Morgan fingerprint density at radius 3 is 2.76 bits per heavy atom. The molecule has 2 unspecified atom stereocenters. The van der Waals surface area contributed by atoms with Crippen molar-refractivity contribution in [2.24, 2.45) is 5.92 Å². The van der Waals surface area contributed by atoms with Gasteiger partial charge in [0.15, 0.2) is 0 Å². The number of carbonyl (C=O) groups is 2. The molecule has 0 saturated carbocycles. The predicted molar refractivity (Wildman–Crippen MR) is 95.2 cm³/mol. The van der Waals surface area contributed by atoms with Gasteiger partial charge < -0.3 is 19.7 Å². The molecule has 1 aromatic carbocycles. The van der Waals surface area contributed by atoms with Crippen LogP contribution in [0, 0.1) is 5.92 Å². The first-order valence-electron chi connectivity index (χ1n) is 8.41. The molecule has 2 rings (SSSR count). The van der Waals surface area contributed by atoms with Crippen LogP contribution in [0.4, 0.5) is 0 Å². The van der Waals surface area contributed by atoms with E-state index < -0.39 is 11.9 Å². The fraction of sp³-hybridized carbons (Fsp3) is 0.474. The molecule has 2 N–H and O–H groups in total.